The van der Waals surface area contributed by atoms with Crippen molar-refractivity contribution >= 4 is 17.2 Å². The molecular formula is C14H17N5OS. The van der Waals surface area contributed by atoms with Crippen LogP contribution in [0.2, 0.25) is 0 Å². The van der Waals surface area contributed by atoms with Crippen molar-refractivity contribution in [2.24, 2.45) is 0 Å². The largest absolute Gasteiger partial charge is 0.333 e. The van der Waals surface area contributed by atoms with E-state index in [1.54, 1.807) is 18.5 Å². The highest BCUT2D eigenvalue weighted by Gasteiger charge is 2.27. The fraction of sp³-hybridized carbons (Fsp3) is 0.429. The maximum absolute atomic E-state index is 12.7. The van der Waals surface area contributed by atoms with Gasteiger partial charge in [-0.1, -0.05) is 0 Å². The number of amides is 1. The fourth-order valence-electron chi connectivity index (χ4n) is 2.37. The molecule has 2 aromatic heterocycles. The molecular weight excluding hydrogens is 286 g/mol. The molecule has 3 rings (SSSR count). The van der Waals surface area contributed by atoms with Gasteiger partial charge in [0.05, 0.1) is 5.69 Å². The van der Waals surface area contributed by atoms with Crippen LogP contribution in [0.15, 0.2) is 18.5 Å². The summed E-state index contributed by atoms with van der Waals surface area (Å²) in [6.45, 7) is 6.32. The molecule has 0 spiro atoms. The van der Waals surface area contributed by atoms with Crippen LogP contribution in [0.4, 0.5) is 0 Å². The fourth-order valence-corrected chi connectivity index (χ4v) is 3.34. The van der Waals surface area contributed by atoms with Gasteiger partial charge in [-0.3, -0.25) is 4.79 Å². The number of hydrogen-bond acceptors (Lipinski definition) is 6. The van der Waals surface area contributed by atoms with E-state index in [9.17, 15) is 4.79 Å². The lowest BCUT2D eigenvalue weighted by Crippen LogP contribution is -2.52. The summed E-state index contributed by atoms with van der Waals surface area (Å²) < 4.78 is 0. The van der Waals surface area contributed by atoms with Crippen molar-refractivity contribution in [1.82, 2.24) is 25.2 Å². The molecule has 1 saturated heterocycles. The van der Waals surface area contributed by atoms with Gasteiger partial charge in [-0.2, -0.15) is 0 Å². The molecule has 0 aromatic carbocycles. The first-order valence-corrected chi connectivity index (χ1v) is 7.75. The Morgan fingerprint density at radius 3 is 2.90 bits per heavy atom. The van der Waals surface area contributed by atoms with Gasteiger partial charge in [0.15, 0.2) is 10.8 Å². The minimum absolute atomic E-state index is 0.0566. The predicted molar refractivity (Wildman–Crippen MR) is 81.2 cm³/mol. The second-order valence-corrected chi connectivity index (χ2v) is 6.06. The highest BCUT2D eigenvalue weighted by atomic mass is 32.1. The number of aryl methyl sites for hydroxylation is 1. The molecule has 1 aliphatic rings. The summed E-state index contributed by atoms with van der Waals surface area (Å²) in [6.07, 6.45) is 3.36. The maximum atomic E-state index is 12.7. The Morgan fingerprint density at radius 1 is 1.43 bits per heavy atom. The average Bonchev–Trinajstić information content (AvgIpc) is 2.90. The van der Waals surface area contributed by atoms with E-state index < -0.39 is 0 Å². The molecule has 21 heavy (non-hydrogen) atoms. The first-order chi connectivity index (χ1) is 10.2. The van der Waals surface area contributed by atoms with Crippen molar-refractivity contribution in [2.75, 3.05) is 19.6 Å². The van der Waals surface area contributed by atoms with Crippen molar-refractivity contribution in [3.05, 3.63) is 29.0 Å². The van der Waals surface area contributed by atoms with E-state index in [2.05, 4.69) is 27.2 Å². The van der Waals surface area contributed by atoms with Crippen LogP contribution in [0.3, 0.4) is 0 Å². The van der Waals surface area contributed by atoms with Crippen LogP contribution in [-0.2, 0) is 0 Å². The number of piperazine rings is 1. The normalized spacial score (nSPS) is 18.8. The van der Waals surface area contributed by atoms with E-state index in [-0.39, 0.29) is 11.9 Å². The number of nitrogens with zero attached hydrogens (tertiary/aromatic N) is 4. The molecule has 6 nitrogen and oxygen atoms in total. The van der Waals surface area contributed by atoms with Gasteiger partial charge in [0.2, 0.25) is 0 Å². The predicted octanol–water partition coefficient (Wildman–Crippen LogP) is 1.34. The Morgan fingerprint density at radius 2 is 2.19 bits per heavy atom. The maximum Gasteiger partial charge on any atom is 0.266 e. The molecule has 0 aliphatic carbocycles. The lowest BCUT2D eigenvalue weighted by Gasteiger charge is -2.33. The van der Waals surface area contributed by atoms with Gasteiger partial charge >= 0.3 is 0 Å². The second-order valence-electron chi connectivity index (χ2n) is 5.06. The average molecular weight is 303 g/mol. The zero-order valence-corrected chi connectivity index (χ0v) is 12.9. The first-order valence-electron chi connectivity index (χ1n) is 6.93. The highest BCUT2D eigenvalue weighted by Crippen LogP contribution is 2.27. The minimum Gasteiger partial charge on any atom is -0.333 e. The molecule has 1 N–H and O–H groups in total. The van der Waals surface area contributed by atoms with Crippen molar-refractivity contribution in [1.29, 1.82) is 0 Å². The molecule has 2 aromatic rings. The zero-order chi connectivity index (χ0) is 14.8. The number of nitrogens with one attached hydrogen (secondary N) is 1. The molecule has 110 valence electrons. The van der Waals surface area contributed by atoms with E-state index in [1.807, 2.05) is 11.8 Å². The first kappa shape index (κ1) is 14.1. The lowest BCUT2D eigenvalue weighted by molar-refractivity contribution is 0.0660. The van der Waals surface area contributed by atoms with Gasteiger partial charge in [0.1, 0.15) is 4.88 Å². The van der Waals surface area contributed by atoms with Crippen LogP contribution in [0.5, 0.6) is 0 Å². The van der Waals surface area contributed by atoms with Crippen LogP contribution >= 0.6 is 11.3 Å². The Bertz CT molecular complexity index is 642. The molecule has 0 bridgehead atoms. The summed E-state index contributed by atoms with van der Waals surface area (Å²) >= 11 is 1.37. The van der Waals surface area contributed by atoms with Crippen molar-refractivity contribution in [3.8, 4) is 10.8 Å². The lowest BCUT2D eigenvalue weighted by atomic mass is 10.2. The van der Waals surface area contributed by atoms with Crippen LogP contribution in [0.25, 0.3) is 10.8 Å². The molecule has 1 aliphatic heterocycles. The number of carbonyl (C=O) groups is 1. The van der Waals surface area contributed by atoms with Gasteiger partial charge in [0, 0.05) is 38.1 Å². The standard InChI is InChI=1S/C14H17N5OS/c1-9-8-15-6-7-19(9)14(20)11-10(2)18-13(21-11)12-16-4-3-5-17-12/h3-5,9,15H,6-8H2,1-2H3. The smallest absolute Gasteiger partial charge is 0.266 e. The third-order valence-corrected chi connectivity index (χ3v) is 4.65. The van der Waals surface area contributed by atoms with E-state index >= 15 is 0 Å². The van der Waals surface area contributed by atoms with E-state index in [1.165, 1.54) is 11.3 Å². The van der Waals surface area contributed by atoms with Gasteiger partial charge in [-0.25, -0.2) is 15.0 Å². The monoisotopic (exact) mass is 303 g/mol. The van der Waals surface area contributed by atoms with E-state index in [4.69, 9.17) is 0 Å². The molecule has 1 fully saturated rings. The number of aromatic nitrogens is 3. The molecule has 1 atom stereocenters. The van der Waals surface area contributed by atoms with Gasteiger partial charge in [-0.15, -0.1) is 11.3 Å². The topological polar surface area (TPSA) is 71.0 Å². The SMILES string of the molecule is Cc1nc(-c2ncccn2)sc1C(=O)N1CCNCC1C. The van der Waals surface area contributed by atoms with Gasteiger partial charge in [-0.05, 0) is 19.9 Å². The Labute approximate surface area is 127 Å². The molecule has 1 unspecified atom stereocenters. The highest BCUT2D eigenvalue weighted by molar-refractivity contribution is 7.17. The molecule has 7 heteroatoms. The molecule has 3 heterocycles. The quantitative estimate of drug-likeness (QED) is 0.906. The zero-order valence-electron chi connectivity index (χ0n) is 12.0. The van der Waals surface area contributed by atoms with Crippen LogP contribution < -0.4 is 5.32 Å². The molecule has 1 amide bonds. The van der Waals surface area contributed by atoms with Crippen molar-refractivity contribution in [2.45, 2.75) is 19.9 Å². The number of rotatable bonds is 2. The third-order valence-electron chi connectivity index (χ3n) is 3.51. The summed E-state index contributed by atoms with van der Waals surface area (Å²) in [5, 5.41) is 3.98. The Balaban J connectivity index is 1.89. The second kappa shape index (κ2) is 5.87. The Hall–Kier alpha value is -1.86. The summed E-state index contributed by atoms with van der Waals surface area (Å²) in [5.74, 6) is 0.624. The summed E-state index contributed by atoms with van der Waals surface area (Å²) in [6, 6.07) is 1.96. The molecule has 0 saturated carbocycles. The third kappa shape index (κ3) is 2.79. The number of thiazole rings is 1. The summed E-state index contributed by atoms with van der Waals surface area (Å²) in [7, 11) is 0. The summed E-state index contributed by atoms with van der Waals surface area (Å²) in [4.78, 5) is 28.1. The van der Waals surface area contributed by atoms with Gasteiger partial charge < -0.3 is 10.2 Å². The summed E-state index contributed by atoms with van der Waals surface area (Å²) in [5.41, 5.74) is 0.748. The number of carbonyl (C=O) groups excluding carboxylic acids is 1. The minimum atomic E-state index is 0.0566. The van der Waals surface area contributed by atoms with Crippen molar-refractivity contribution in [3.63, 3.8) is 0 Å². The van der Waals surface area contributed by atoms with Gasteiger partial charge in [0.25, 0.3) is 5.91 Å². The van der Waals surface area contributed by atoms with Crippen LogP contribution in [-0.4, -0.2) is 51.4 Å². The van der Waals surface area contributed by atoms with E-state index in [0.717, 1.165) is 25.3 Å². The van der Waals surface area contributed by atoms with Crippen LogP contribution in [0.1, 0.15) is 22.3 Å². The van der Waals surface area contributed by atoms with E-state index in [0.29, 0.717) is 15.7 Å². The van der Waals surface area contributed by atoms with Crippen LogP contribution in [0, 0.1) is 6.92 Å². The van der Waals surface area contributed by atoms with Crippen molar-refractivity contribution < 1.29 is 4.79 Å². The Kier molecular flexibility index (Phi) is 3.94. The number of hydrogen-bond donors (Lipinski definition) is 1. The molecule has 0 radical (unpaired) electrons.